The van der Waals surface area contributed by atoms with E-state index >= 15 is 0 Å². The highest BCUT2D eigenvalue weighted by atomic mass is 35.5. The molecule has 0 aromatic rings. The third-order valence-corrected chi connectivity index (χ3v) is 4.49. The minimum Gasteiger partial charge on any atom is -0.350 e. The molecule has 0 radical (unpaired) electrons. The number of carbonyl (C=O) groups is 1. The molecule has 20 heavy (non-hydrogen) atoms. The number of piperidine rings is 1. The maximum absolute atomic E-state index is 12.3. The molecular formula is C14H29Cl2N3O. The van der Waals surface area contributed by atoms with E-state index in [0.717, 1.165) is 51.7 Å². The highest BCUT2D eigenvalue weighted by Gasteiger charge is 2.36. The summed E-state index contributed by atoms with van der Waals surface area (Å²) in [5, 5.41) is 3.19. The van der Waals surface area contributed by atoms with Crippen LogP contribution >= 0.6 is 24.8 Å². The van der Waals surface area contributed by atoms with Gasteiger partial charge < -0.3 is 16.0 Å². The van der Waals surface area contributed by atoms with E-state index in [0.29, 0.717) is 6.04 Å². The number of likely N-dealkylation sites (tertiary alicyclic amines) is 1. The molecule has 1 aliphatic heterocycles. The number of hydrogen-bond donors (Lipinski definition) is 2. The Kier molecular flexibility index (Phi) is 9.07. The Labute approximate surface area is 135 Å². The number of nitrogens with one attached hydrogen (secondary N) is 1. The second-order valence-corrected chi connectivity index (χ2v) is 5.92. The first-order valence-corrected chi connectivity index (χ1v) is 7.46. The average molecular weight is 326 g/mol. The van der Waals surface area contributed by atoms with Gasteiger partial charge in [0.05, 0.1) is 5.54 Å². The van der Waals surface area contributed by atoms with Crippen LogP contribution in [0.1, 0.15) is 51.9 Å². The van der Waals surface area contributed by atoms with Crippen molar-refractivity contribution < 1.29 is 4.79 Å². The number of rotatable bonds is 3. The van der Waals surface area contributed by atoms with Crippen molar-refractivity contribution in [3.63, 3.8) is 0 Å². The lowest BCUT2D eigenvalue weighted by atomic mass is 9.81. The topological polar surface area (TPSA) is 58.4 Å². The van der Waals surface area contributed by atoms with E-state index in [-0.39, 0.29) is 30.7 Å². The van der Waals surface area contributed by atoms with Gasteiger partial charge in [-0.1, -0.05) is 26.2 Å². The van der Waals surface area contributed by atoms with Gasteiger partial charge in [-0.2, -0.15) is 0 Å². The van der Waals surface area contributed by atoms with E-state index in [1.54, 1.807) is 0 Å². The van der Waals surface area contributed by atoms with Crippen LogP contribution in [0.5, 0.6) is 0 Å². The fourth-order valence-electron chi connectivity index (χ4n) is 3.20. The summed E-state index contributed by atoms with van der Waals surface area (Å²) < 4.78 is 0. The van der Waals surface area contributed by atoms with Crippen LogP contribution in [0.2, 0.25) is 0 Å². The molecule has 1 atom stereocenters. The second-order valence-electron chi connectivity index (χ2n) is 5.92. The van der Waals surface area contributed by atoms with Crippen molar-refractivity contribution in [3.05, 3.63) is 0 Å². The molecule has 0 aromatic heterocycles. The van der Waals surface area contributed by atoms with Gasteiger partial charge in [0.1, 0.15) is 0 Å². The monoisotopic (exact) mass is 325 g/mol. The molecule has 1 unspecified atom stereocenters. The number of nitrogens with zero attached hydrogens (tertiary/aromatic N) is 1. The zero-order chi connectivity index (χ0) is 13.0. The molecule has 2 rings (SSSR count). The van der Waals surface area contributed by atoms with Gasteiger partial charge in [-0.15, -0.1) is 24.8 Å². The fraction of sp³-hybridized carbons (Fsp3) is 0.929. The zero-order valence-electron chi connectivity index (χ0n) is 12.4. The van der Waals surface area contributed by atoms with Crippen molar-refractivity contribution in [1.29, 1.82) is 0 Å². The van der Waals surface area contributed by atoms with Crippen molar-refractivity contribution >= 4 is 30.7 Å². The summed E-state index contributed by atoms with van der Waals surface area (Å²) in [7, 11) is 0. The van der Waals surface area contributed by atoms with Crippen molar-refractivity contribution in [2.75, 3.05) is 19.6 Å². The summed E-state index contributed by atoms with van der Waals surface area (Å²) in [6.07, 6.45) is 7.38. The van der Waals surface area contributed by atoms with Crippen LogP contribution in [0.4, 0.5) is 0 Å². The molecule has 0 bridgehead atoms. The van der Waals surface area contributed by atoms with E-state index in [9.17, 15) is 4.79 Å². The molecule has 120 valence electrons. The minimum atomic E-state index is -0.591. The molecule has 1 saturated heterocycles. The Bertz CT molecular complexity index is 296. The molecule has 6 heteroatoms. The van der Waals surface area contributed by atoms with Crippen molar-refractivity contribution in [1.82, 2.24) is 10.2 Å². The van der Waals surface area contributed by atoms with Gasteiger partial charge >= 0.3 is 0 Å². The van der Waals surface area contributed by atoms with E-state index in [1.165, 1.54) is 12.8 Å². The third-order valence-electron chi connectivity index (χ3n) is 4.49. The average Bonchev–Trinajstić information content (AvgIpc) is 2.40. The minimum absolute atomic E-state index is 0. The molecule has 2 fully saturated rings. The lowest BCUT2D eigenvalue weighted by Crippen LogP contribution is -2.59. The summed E-state index contributed by atoms with van der Waals surface area (Å²) >= 11 is 0. The van der Waals surface area contributed by atoms with Crippen molar-refractivity contribution in [2.24, 2.45) is 5.73 Å². The molecule has 2 aliphatic rings. The Morgan fingerprint density at radius 1 is 1.25 bits per heavy atom. The van der Waals surface area contributed by atoms with E-state index in [4.69, 9.17) is 5.73 Å². The summed E-state index contributed by atoms with van der Waals surface area (Å²) in [6.45, 7) is 5.39. The Morgan fingerprint density at radius 3 is 2.50 bits per heavy atom. The molecule has 3 N–H and O–H groups in total. The molecule has 1 amide bonds. The van der Waals surface area contributed by atoms with Gasteiger partial charge in [-0.25, -0.2) is 0 Å². The van der Waals surface area contributed by atoms with Gasteiger partial charge in [0.2, 0.25) is 5.91 Å². The fourth-order valence-corrected chi connectivity index (χ4v) is 3.20. The second kappa shape index (κ2) is 9.08. The van der Waals surface area contributed by atoms with E-state index in [2.05, 4.69) is 17.1 Å². The predicted molar refractivity (Wildman–Crippen MR) is 87.8 cm³/mol. The number of halogens is 2. The maximum atomic E-state index is 12.3. The van der Waals surface area contributed by atoms with Crippen LogP contribution in [0.25, 0.3) is 0 Å². The van der Waals surface area contributed by atoms with Gasteiger partial charge in [-0.05, 0) is 38.8 Å². The lowest BCUT2D eigenvalue weighted by Gasteiger charge is -2.37. The summed E-state index contributed by atoms with van der Waals surface area (Å²) in [6, 6.07) is 0.300. The first-order valence-electron chi connectivity index (χ1n) is 7.46. The van der Waals surface area contributed by atoms with E-state index < -0.39 is 5.54 Å². The smallest absolute Gasteiger partial charge is 0.240 e. The highest BCUT2D eigenvalue weighted by Crippen LogP contribution is 2.26. The van der Waals surface area contributed by atoms with Crippen LogP contribution in [-0.2, 0) is 4.79 Å². The first-order chi connectivity index (χ1) is 8.64. The molecular weight excluding hydrogens is 297 g/mol. The Hall–Kier alpha value is -0.0300. The molecule has 1 saturated carbocycles. The zero-order valence-corrected chi connectivity index (χ0v) is 14.0. The third kappa shape index (κ3) is 5.06. The van der Waals surface area contributed by atoms with Crippen LogP contribution in [0, 0.1) is 0 Å². The van der Waals surface area contributed by atoms with Crippen LogP contribution in [-0.4, -0.2) is 42.0 Å². The molecule has 0 aromatic carbocycles. The van der Waals surface area contributed by atoms with Crippen LogP contribution < -0.4 is 11.1 Å². The number of hydrogen-bond acceptors (Lipinski definition) is 3. The number of nitrogens with two attached hydrogens (primary N) is 1. The number of carbonyl (C=O) groups excluding carboxylic acids is 1. The normalized spacial score (nSPS) is 26.0. The van der Waals surface area contributed by atoms with E-state index in [1.807, 2.05) is 0 Å². The molecule has 0 spiro atoms. The van der Waals surface area contributed by atoms with Crippen LogP contribution in [0.3, 0.4) is 0 Å². The number of amides is 1. The quantitative estimate of drug-likeness (QED) is 0.835. The largest absolute Gasteiger partial charge is 0.350 e. The lowest BCUT2D eigenvalue weighted by molar-refractivity contribution is -0.128. The van der Waals surface area contributed by atoms with Crippen molar-refractivity contribution in [3.8, 4) is 0 Å². The number of likely N-dealkylation sites (N-methyl/N-ethyl adjacent to an activating group) is 1. The van der Waals surface area contributed by atoms with Gasteiger partial charge in [0.25, 0.3) is 0 Å². The van der Waals surface area contributed by atoms with Gasteiger partial charge in [0, 0.05) is 12.6 Å². The predicted octanol–water partition coefficient (Wildman–Crippen LogP) is 2.09. The maximum Gasteiger partial charge on any atom is 0.240 e. The summed E-state index contributed by atoms with van der Waals surface area (Å²) in [5.74, 6) is 0.0881. The summed E-state index contributed by atoms with van der Waals surface area (Å²) in [4.78, 5) is 14.7. The summed E-state index contributed by atoms with van der Waals surface area (Å²) in [5.41, 5.74) is 5.67. The molecule has 4 nitrogen and oxygen atoms in total. The van der Waals surface area contributed by atoms with Crippen LogP contribution in [0.15, 0.2) is 0 Å². The van der Waals surface area contributed by atoms with Gasteiger partial charge in [0.15, 0.2) is 0 Å². The molecule has 1 aliphatic carbocycles. The first kappa shape index (κ1) is 20.0. The molecule has 1 heterocycles. The van der Waals surface area contributed by atoms with Gasteiger partial charge in [-0.3, -0.25) is 4.79 Å². The SMILES string of the molecule is CCN1CCCC(NC(=O)C2(N)CCCCC2)C1.Cl.Cl. The Morgan fingerprint density at radius 2 is 1.90 bits per heavy atom. The van der Waals surface area contributed by atoms with Crippen molar-refractivity contribution in [2.45, 2.75) is 63.5 Å². The standard InChI is InChI=1S/C14H27N3O.2ClH/c1-2-17-10-6-7-12(11-17)16-13(18)14(15)8-4-3-5-9-14;;/h12H,2-11,15H2,1H3,(H,16,18);2*1H. The Balaban J connectivity index is 0.00000180. The highest BCUT2D eigenvalue weighted by molar-refractivity contribution is 5.86.